The predicted octanol–water partition coefficient (Wildman–Crippen LogP) is 4.82. The maximum Gasteiger partial charge on any atom is 0.247 e. The fraction of sp³-hybridized carbons (Fsp3) is 0.250. The van der Waals surface area contributed by atoms with E-state index in [1.165, 1.54) is 11.8 Å². The highest BCUT2D eigenvalue weighted by Gasteiger charge is 2.28. The van der Waals surface area contributed by atoms with Gasteiger partial charge in [0.05, 0.1) is 19.2 Å². The van der Waals surface area contributed by atoms with Gasteiger partial charge in [-0.2, -0.15) is 4.98 Å². The Morgan fingerprint density at radius 2 is 1.90 bits per heavy atom. The molecule has 0 unspecified atom stereocenters. The normalized spacial score (nSPS) is 14.7. The van der Waals surface area contributed by atoms with Crippen LogP contribution in [0.4, 0.5) is 5.69 Å². The zero-order chi connectivity index (χ0) is 20.4. The number of nitrogens with zero attached hydrogens (tertiary/aromatic N) is 3. The molecule has 1 aromatic heterocycles. The van der Waals surface area contributed by atoms with Crippen LogP contribution in [-0.4, -0.2) is 35.2 Å². The van der Waals surface area contributed by atoms with E-state index in [1.54, 1.807) is 26.4 Å². The molecule has 4 rings (SSSR count). The summed E-state index contributed by atoms with van der Waals surface area (Å²) in [4.78, 5) is 4.57. The molecule has 0 saturated heterocycles. The number of anilines is 1. The van der Waals surface area contributed by atoms with Crippen LogP contribution in [0.15, 0.2) is 41.6 Å². The van der Waals surface area contributed by atoms with Crippen molar-refractivity contribution in [1.29, 1.82) is 0 Å². The van der Waals surface area contributed by atoms with Gasteiger partial charge in [-0.15, -0.1) is 10.2 Å². The second-order valence-corrected chi connectivity index (χ2v) is 7.74. The number of thioether (sulfide) groups is 1. The van der Waals surface area contributed by atoms with Crippen molar-refractivity contribution in [2.75, 3.05) is 25.3 Å². The van der Waals surface area contributed by atoms with Crippen LogP contribution in [0.2, 0.25) is 5.02 Å². The van der Waals surface area contributed by atoms with Gasteiger partial charge in [0.2, 0.25) is 11.0 Å². The third kappa shape index (κ3) is 3.77. The summed E-state index contributed by atoms with van der Waals surface area (Å²) in [5.74, 6) is 2.32. The Hall–Kier alpha value is -2.71. The molecular weight excluding hydrogens is 412 g/mol. The van der Waals surface area contributed by atoms with Crippen LogP contribution < -0.4 is 19.5 Å². The summed E-state index contributed by atoms with van der Waals surface area (Å²) in [7, 11) is 3.14. The molecule has 0 bridgehead atoms. The highest BCUT2D eigenvalue weighted by molar-refractivity contribution is 7.99. The SMILES string of the molecule is CCSc1nnc2c(n1)O[C@H](c1cc(OC)c(OC)cc1Cl)Nc1ccccc1-2. The Bertz CT molecular complexity index is 1050. The van der Waals surface area contributed by atoms with E-state index in [2.05, 4.69) is 20.5 Å². The van der Waals surface area contributed by atoms with Crippen LogP contribution in [0.5, 0.6) is 17.4 Å². The molecule has 1 N–H and O–H groups in total. The van der Waals surface area contributed by atoms with Gasteiger partial charge in [-0.3, -0.25) is 0 Å². The summed E-state index contributed by atoms with van der Waals surface area (Å²) >= 11 is 8.05. The van der Waals surface area contributed by atoms with Crippen molar-refractivity contribution in [1.82, 2.24) is 15.2 Å². The minimum absolute atomic E-state index is 0.393. The van der Waals surface area contributed by atoms with Gasteiger partial charge in [0, 0.05) is 22.9 Å². The van der Waals surface area contributed by atoms with Gasteiger partial charge >= 0.3 is 0 Å². The molecule has 0 amide bonds. The first kappa shape index (κ1) is 19.6. The zero-order valence-corrected chi connectivity index (χ0v) is 17.7. The fourth-order valence-corrected chi connectivity index (χ4v) is 3.81. The summed E-state index contributed by atoms with van der Waals surface area (Å²) < 4.78 is 17.0. The minimum atomic E-state index is -0.610. The van der Waals surface area contributed by atoms with Gasteiger partial charge in [-0.1, -0.05) is 48.5 Å². The molecule has 9 heteroatoms. The van der Waals surface area contributed by atoms with Crippen LogP contribution in [0, 0.1) is 0 Å². The number of methoxy groups -OCH3 is 2. The smallest absolute Gasteiger partial charge is 0.247 e. The Morgan fingerprint density at radius 1 is 1.14 bits per heavy atom. The van der Waals surface area contributed by atoms with Crippen molar-refractivity contribution < 1.29 is 14.2 Å². The lowest BCUT2D eigenvalue weighted by Gasteiger charge is -2.21. The third-order valence-corrected chi connectivity index (χ3v) is 5.44. The topological polar surface area (TPSA) is 78.4 Å². The molecule has 29 heavy (non-hydrogen) atoms. The summed E-state index contributed by atoms with van der Waals surface area (Å²) in [6.45, 7) is 2.03. The van der Waals surface area contributed by atoms with E-state index in [1.807, 2.05) is 31.2 Å². The first-order valence-corrected chi connectivity index (χ1v) is 10.3. The molecule has 3 aromatic rings. The molecule has 2 aromatic carbocycles. The highest BCUT2D eigenvalue weighted by atomic mass is 35.5. The van der Waals surface area contributed by atoms with Crippen LogP contribution >= 0.6 is 23.4 Å². The van der Waals surface area contributed by atoms with Crippen molar-refractivity contribution in [3.8, 4) is 28.6 Å². The minimum Gasteiger partial charge on any atom is -0.493 e. The Labute approximate surface area is 177 Å². The average molecular weight is 431 g/mol. The quantitative estimate of drug-likeness (QED) is 0.577. The number of halogens is 1. The molecular formula is C20H19ClN4O3S. The molecule has 0 fully saturated rings. The van der Waals surface area contributed by atoms with E-state index in [0.717, 1.165) is 17.0 Å². The standard InChI is InChI=1S/C20H19ClN4O3S/c1-4-29-20-23-19-17(24-25-20)11-7-5-6-8-14(11)22-18(28-19)12-9-15(26-2)16(27-3)10-13(12)21/h5-10,18,22H,4H2,1-3H3/t18-/m1/s1. The summed E-state index contributed by atoms with van der Waals surface area (Å²) in [6.07, 6.45) is -0.610. The number of hydrogen-bond donors (Lipinski definition) is 1. The fourth-order valence-electron chi connectivity index (χ4n) is 3.05. The first-order chi connectivity index (χ1) is 14.1. The van der Waals surface area contributed by atoms with Crippen LogP contribution in [0.1, 0.15) is 18.7 Å². The number of para-hydroxylation sites is 1. The number of fused-ring (bicyclic) bond motifs is 3. The lowest BCUT2D eigenvalue weighted by molar-refractivity contribution is 0.224. The maximum atomic E-state index is 6.55. The van der Waals surface area contributed by atoms with Gasteiger partial charge < -0.3 is 19.5 Å². The second kappa shape index (κ2) is 8.34. The van der Waals surface area contributed by atoms with E-state index >= 15 is 0 Å². The molecule has 0 saturated carbocycles. The van der Waals surface area contributed by atoms with Crippen molar-refractivity contribution in [3.05, 3.63) is 47.0 Å². The number of nitrogens with one attached hydrogen (secondary N) is 1. The second-order valence-electron chi connectivity index (χ2n) is 6.10. The highest BCUT2D eigenvalue weighted by Crippen LogP contribution is 2.42. The summed E-state index contributed by atoms with van der Waals surface area (Å²) in [6, 6.07) is 11.3. The molecule has 0 aliphatic carbocycles. The Morgan fingerprint density at radius 3 is 2.66 bits per heavy atom. The molecule has 1 atom stereocenters. The Balaban J connectivity index is 1.84. The van der Waals surface area contributed by atoms with Crippen LogP contribution in [0.3, 0.4) is 0 Å². The van der Waals surface area contributed by atoms with Gasteiger partial charge in [-0.25, -0.2) is 0 Å². The molecule has 150 valence electrons. The molecule has 0 radical (unpaired) electrons. The Kier molecular flexibility index (Phi) is 5.64. The number of benzene rings is 2. The van der Waals surface area contributed by atoms with E-state index in [4.69, 9.17) is 25.8 Å². The van der Waals surface area contributed by atoms with E-state index in [-0.39, 0.29) is 0 Å². The van der Waals surface area contributed by atoms with E-state index < -0.39 is 6.23 Å². The summed E-state index contributed by atoms with van der Waals surface area (Å²) in [5.41, 5.74) is 2.96. The van der Waals surface area contributed by atoms with Crippen LogP contribution in [-0.2, 0) is 0 Å². The largest absolute Gasteiger partial charge is 0.493 e. The molecule has 0 spiro atoms. The van der Waals surface area contributed by atoms with Gasteiger partial charge in [0.25, 0.3) is 0 Å². The lowest BCUT2D eigenvalue weighted by Crippen LogP contribution is -2.18. The monoisotopic (exact) mass is 430 g/mol. The number of ether oxygens (including phenoxy) is 3. The number of rotatable bonds is 5. The third-order valence-electron chi connectivity index (χ3n) is 4.39. The van der Waals surface area contributed by atoms with Crippen LogP contribution in [0.25, 0.3) is 11.3 Å². The number of aromatic nitrogens is 3. The predicted molar refractivity (Wildman–Crippen MR) is 113 cm³/mol. The molecule has 7 nitrogen and oxygen atoms in total. The van der Waals surface area contributed by atoms with E-state index in [9.17, 15) is 0 Å². The van der Waals surface area contributed by atoms with Gasteiger partial charge in [0.15, 0.2) is 23.4 Å². The first-order valence-electron chi connectivity index (χ1n) is 8.96. The van der Waals surface area contributed by atoms with Gasteiger partial charge in [-0.05, 0) is 17.9 Å². The van der Waals surface area contributed by atoms with Crippen molar-refractivity contribution in [2.45, 2.75) is 18.3 Å². The lowest BCUT2D eigenvalue weighted by atomic mass is 10.1. The van der Waals surface area contributed by atoms with Crippen molar-refractivity contribution in [2.24, 2.45) is 0 Å². The van der Waals surface area contributed by atoms with E-state index in [0.29, 0.717) is 38.8 Å². The summed E-state index contributed by atoms with van der Waals surface area (Å²) in [5, 5.41) is 13.0. The number of hydrogen-bond acceptors (Lipinski definition) is 8. The van der Waals surface area contributed by atoms with Crippen molar-refractivity contribution in [3.63, 3.8) is 0 Å². The molecule has 1 aliphatic heterocycles. The van der Waals surface area contributed by atoms with Crippen molar-refractivity contribution >= 4 is 29.1 Å². The molecule has 1 aliphatic rings. The van der Waals surface area contributed by atoms with Gasteiger partial charge in [0.1, 0.15) is 0 Å². The molecule has 2 heterocycles. The zero-order valence-electron chi connectivity index (χ0n) is 16.1. The maximum absolute atomic E-state index is 6.55. The average Bonchev–Trinajstić information content (AvgIpc) is 2.90.